The van der Waals surface area contributed by atoms with Gasteiger partial charge in [-0.2, -0.15) is 4.98 Å². The Labute approximate surface area is 187 Å². The van der Waals surface area contributed by atoms with Crippen LogP contribution in [0.1, 0.15) is 42.9 Å². The minimum Gasteiger partial charge on any atom is -0.497 e. The summed E-state index contributed by atoms with van der Waals surface area (Å²) in [5.41, 5.74) is 3.48. The van der Waals surface area contributed by atoms with E-state index in [1.54, 1.807) is 7.11 Å². The Bertz CT molecular complexity index is 1080. The van der Waals surface area contributed by atoms with Crippen LogP contribution in [-0.2, 0) is 11.2 Å². The number of amides is 1. The second kappa shape index (κ2) is 9.02. The highest BCUT2D eigenvalue weighted by Gasteiger charge is 2.31. The fourth-order valence-electron chi connectivity index (χ4n) is 4.76. The molecule has 32 heavy (non-hydrogen) atoms. The molecule has 2 aromatic carbocycles. The summed E-state index contributed by atoms with van der Waals surface area (Å²) in [6.07, 6.45) is 4.98. The number of carbonyl (C=O) groups excluding carboxylic acids is 1. The number of methoxy groups -OCH3 is 1. The van der Waals surface area contributed by atoms with Gasteiger partial charge in [-0.3, -0.25) is 4.79 Å². The number of rotatable bonds is 5. The number of anilines is 1. The third-order valence-corrected chi connectivity index (χ3v) is 6.51. The van der Waals surface area contributed by atoms with Gasteiger partial charge in [0.2, 0.25) is 11.7 Å². The minimum absolute atomic E-state index is 0.0887. The third kappa shape index (κ3) is 4.20. The van der Waals surface area contributed by atoms with E-state index in [0.717, 1.165) is 50.0 Å². The molecule has 166 valence electrons. The van der Waals surface area contributed by atoms with Gasteiger partial charge in [-0.15, -0.1) is 0 Å². The molecule has 3 aromatic rings. The predicted molar refractivity (Wildman–Crippen MR) is 121 cm³/mol. The van der Waals surface area contributed by atoms with Crippen molar-refractivity contribution < 1.29 is 14.1 Å². The average Bonchev–Trinajstić information content (AvgIpc) is 3.35. The Morgan fingerprint density at radius 3 is 2.81 bits per heavy atom. The molecule has 1 fully saturated rings. The van der Waals surface area contributed by atoms with Gasteiger partial charge in [0.05, 0.1) is 19.1 Å². The van der Waals surface area contributed by atoms with Crippen molar-refractivity contribution in [3.05, 3.63) is 59.7 Å². The summed E-state index contributed by atoms with van der Waals surface area (Å²) >= 11 is 0. The molecule has 1 aliphatic carbocycles. The van der Waals surface area contributed by atoms with E-state index in [1.165, 1.54) is 11.1 Å². The number of nitrogens with zero attached hydrogens (tertiary/aromatic N) is 3. The molecule has 1 N–H and O–H groups in total. The molecule has 7 nitrogen and oxygen atoms in total. The predicted octanol–water partition coefficient (Wildman–Crippen LogP) is 4.16. The van der Waals surface area contributed by atoms with Crippen LogP contribution in [0.4, 0.5) is 6.01 Å². The van der Waals surface area contributed by atoms with Crippen LogP contribution in [0.2, 0.25) is 0 Å². The largest absolute Gasteiger partial charge is 0.497 e. The first-order chi connectivity index (χ1) is 15.7. The number of nitrogens with one attached hydrogen (secondary N) is 1. The molecule has 1 aromatic heterocycles. The number of benzene rings is 2. The van der Waals surface area contributed by atoms with Crippen molar-refractivity contribution in [3.8, 4) is 17.1 Å². The van der Waals surface area contributed by atoms with Crippen molar-refractivity contribution in [2.24, 2.45) is 5.92 Å². The van der Waals surface area contributed by atoms with Crippen LogP contribution in [0.3, 0.4) is 0 Å². The van der Waals surface area contributed by atoms with E-state index in [2.05, 4.69) is 39.7 Å². The van der Waals surface area contributed by atoms with Crippen LogP contribution < -0.4 is 15.0 Å². The fourth-order valence-corrected chi connectivity index (χ4v) is 4.76. The number of piperidine rings is 1. The molecular formula is C25H28N4O3. The highest BCUT2D eigenvalue weighted by atomic mass is 16.5. The number of hydrogen-bond acceptors (Lipinski definition) is 6. The first kappa shape index (κ1) is 20.5. The quantitative estimate of drug-likeness (QED) is 0.652. The topological polar surface area (TPSA) is 80.5 Å². The maximum Gasteiger partial charge on any atom is 0.324 e. The maximum absolute atomic E-state index is 13.1. The molecule has 5 rings (SSSR count). The van der Waals surface area contributed by atoms with E-state index in [0.29, 0.717) is 18.4 Å². The standard InChI is InChI=1S/C25H28N4O3/c1-31-20-13-11-18(12-14-20)23-27-25(32-28-23)29-15-5-8-19(16-29)24(30)26-22-10-4-7-17-6-2-3-9-21(17)22/h2-3,6,9,11-14,19,22H,4-5,7-8,10,15-16H2,1H3,(H,26,30)/t19-,22+/m1/s1. The van der Waals surface area contributed by atoms with E-state index in [9.17, 15) is 4.79 Å². The van der Waals surface area contributed by atoms with Crippen molar-refractivity contribution in [2.45, 2.75) is 38.1 Å². The van der Waals surface area contributed by atoms with Gasteiger partial charge < -0.3 is 19.5 Å². The zero-order valence-corrected chi connectivity index (χ0v) is 18.3. The summed E-state index contributed by atoms with van der Waals surface area (Å²) in [7, 11) is 1.64. The molecule has 0 unspecified atom stereocenters. The van der Waals surface area contributed by atoms with Crippen LogP contribution in [0.5, 0.6) is 5.75 Å². The molecule has 1 aliphatic heterocycles. The second-order valence-electron chi connectivity index (χ2n) is 8.57. The lowest BCUT2D eigenvalue weighted by atomic mass is 9.87. The molecule has 0 bridgehead atoms. The van der Waals surface area contributed by atoms with E-state index in [-0.39, 0.29) is 17.9 Å². The van der Waals surface area contributed by atoms with Crippen molar-refractivity contribution in [1.82, 2.24) is 15.5 Å². The second-order valence-corrected chi connectivity index (χ2v) is 8.57. The molecule has 7 heteroatoms. The lowest BCUT2D eigenvalue weighted by Crippen LogP contribution is -2.44. The van der Waals surface area contributed by atoms with E-state index in [1.807, 2.05) is 29.2 Å². The Morgan fingerprint density at radius 1 is 1.12 bits per heavy atom. The Balaban J connectivity index is 1.25. The van der Waals surface area contributed by atoms with Crippen LogP contribution in [0.15, 0.2) is 53.1 Å². The van der Waals surface area contributed by atoms with Crippen molar-refractivity contribution >= 4 is 11.9 Å². The van der Waals surface area contributed by atoms with Gasteiger partial charge in [-0.1, -0.05) is 29.4 Å². The highest BCUT2D eigenvalue weighted by Crippen LogP contribution is 2.31. The summed E-state index contributed by atoms with van der Waals surface area (Å²) in [5.74, 6) is 1.34. The smallest absolute Gasteiger partial charge is 0.324 e. The molecule has 2 atom stereocenters. The number of aryl methyl sites for hydroxylation is 1. The molecular weight excluding hydrogens is 404 g/mol. The highest BCUT2D eigenvalue weighted by molar-refractivity contribution is 5.80. The fraction of sp³-hybridized carbons (Fsp3) is 0.400. The van der Waals surface area contributed by atoms with Crippen molar-refractivity contribution in [3.63, 3.8) is 0 Å². The van der Waals surface area contributed by atoms with Gasteiger partial charge in [-0.05, 0) is 67.5 Å². The van der Waals surface area contributed by atoms with E-state index in [4.69, 9.17) is 9.26 Å². The molecule has 1 saturated heterocycles. The molecule has 1 amide bonds. The Morgan fingerprint density at radius 2 is 1.97 bits per heavy atom. The summed E-state index contributed by atoms with van der Waals surface area (Å²) in [6, 6.07) is 16.6. The van der Waals surface area contributed by atoms with Crippen LogP contribution in [0.25, 0.3) is 11.4 Å². The summed E-state index contributed by atoms with van der Waals surface area (Å²) in [4.78, 5) is 19.7. The Hall–Kier alpha value is -3.35. The van der Waals surface area contributed by atoms with Crippen LogP contribution in [0, 0.1) is 5.92 Å². The summed E-state index contributed by atoms with van der Waals surface area (Å²) < 4.78 is 10.7. The van der Waals surface area contributed by atoms with Gasteiger partial charge in [0.25, 0.3) is 0 Å². The monoisotopic (exact) mass is 432 g/mol. The number of fused-ring (bicyclic) bond motifs is 1. The van der Waals surface area contributed by atoms with E-state index >= 15 is 0 Å². The van der Waals surface area contributed by atoms with Gasteiger partial charge in [-0.25, -0.2) is 0 Å². The molecule has 2 aliphatic rings. The van der Waals surface area contributed by atoms with Crippen molar-refractivity contribution in [2.75, 3.05) is 25.1 Å². The van der Waals surface area contributed by atoms with E-state index < -0.39 is 0 Å². The van der Waals surface area contributed by atoms with Crippen LogP contribution >= 0.6 is 0 Å². The Kier molecular flexibility index (Phi) is 5.79. The normalized spacial score (nSPS) is 20.5. The van der Waals surface area contributed by atoms with Crippen LogP contribution in [-0.4, -0.2) is 36.2 Å². The zero-order valence-electron chi connectivity index (χ0n) is 18.3. The third-order valence-electron chi connectivity index (χ3n) is 6.51. The zero-order chi connectivity index (χ0) is 21.9. The van der Waals surface area contributed by atoms with Crippen molar-refractivity contribution in [1.29, 1.82) is 0 Å². The first-order valence-electron chi connectivity index (χ1n) is 11.3. The molecule has 2 heterocycles. The summed E-state index contributed by atoms with van der Waals surface area (Å²) in [6.45, 7) is 1.39. The summed E-state index contributed by atoms with van der Waals surface area (Å²) in [5, 5.41) is 7.45. The van der Waals surface area contributed by atoms with Gasteiger partial charge in [0.15, 0.2) is 0 Å². The SMILES string of the molecule is COc1ccc(-c2noc(N3CCC[C@@H](C(=O)N[C@H]4CCCc5ccccc54)C3)n2)cc1. The average molecular weight is 433 g/mol. The number of ether oxygens (including phenoxy) is 1. The number of carbonyl (C=O) groups is 1. The number of aromatic nitrogens is 2. The lowest BCUT2D eigenvalue weighted by Gasteiger charge is -2.33. The molecule has 0 saturated carbocycles. The molecule has 0 radical (unpaired) electrons. The van der Waals surface area contributed by atoms with Gasteiger partial charge >= 0.3 is 6.01 Å². The maximum atomic E-state index is 13.1. The number of hydrogen-bond donors (Lipinski definition) is 1. The first-order valence-corrected chi connectivity index (χ1v) is 11.3. The lowest BCUT2D eigenvalue weighted by molar-refractivity contribution is -0.126. The van der Waals surface area contributed by atoms with Gasteiger partial charge in [0, 0.05) is 18.7 Å². The molecule has 0 spiro atoms. The van der Waals surface area contributed by atoms with Gasteiger partial charge in [0.1, 0.15) is 5.75 Å². The minimum atomic E-state index is -0.0887.